The number of pyridine rings is 1. The highest BCUT2D eigenvalue weighted by atomic mass is 16.1. The van der Waals surface area contributed by atoms with Crippen molar-refractivity contribution in [1.82, 2.24) is 34.3 Å². The Morgan fingerprint density at radius 3 is 2.62 bits per heavy atom. The summed E-state index contributed by atoms with van der Waals surface area (Å²) in [4.78, 5) is 18.7. The average Bonchev–Trinajstić information content (AvgIpc) is 3.59. The number of benzene rings is 2. The normalized spacial score (nSPS) is 11.8. The van der Waals surface area contributed by atoms with Crippen LogP contribution < -0.4 is 10.9 Å². The molecule has 0 aliphatic heterocycles. The van der Waals surface area contributed by atoms with Gasteiger partial charge in [-0.15, -0.1) is 0 Å². The molecule has 0 unspecified atom stereocenters. The van der Waals surface area contributed by atoms with Crippen LogP contribution in [0.15, 0.2) is 96.8 Å². The van der Waals surface area contributed by atoms with Crippen molar-refractivity contribution in [3.8, 4) is 17.5 Å². The summed E-state index contributed by atoms with van der Waals surface area (Å²) >= 11 is 0. The van der Waals surface area contributed by atoms with Gasteiger partial charge in [-0.2, -0.15) is 10.2 Å². The highest BCUT2D eigenvalue weighted by molar-refractivity contribution is 5.88. The molecular formula is C32H27N7O. The summed E-state index contributed by atoms with van der Waals surface area (Å²) < 4.78 is 5.24. The zero-order valence-corrected chi connectivity index (χ0v) is 22.5. The molecule has 0 saturated carbocycles. The Bertz CT molecular complexity index is 2020. The van der Waals surface area contributed by atoms with Gasteiger partial charge in [0.15, 0.2) is 5.65 Å². The van der Waals surface area contributed by atoms with Crippen LogP contribution in [-0.4, -0.2) is 28.9 Å². The minimum atomic E-state index is -0.269. The second-order valence-corrected chi connectivity index (χ2v) is 9.69. The monoisotopic (exact) mass is 525 g/mol. The molecule has 0 spiro atoms. The molecule has 196 valence electrons. The minimum Gasteiger partial charge on any atom is -0.377 e. The first kappa shape index (κ1) is 24.9. The van der Waals surface area contributed by atoms with E-state index in [1.807, 2.05) is 87.8 Å². The average molecular weight is 526 g/mol. The lowest BCUT2D eigenvalue weighted by Crippen LogP contribution is -2.28. The Labute approximate surface area is 231 Å². The fourth-order valence-corrected chi connectivity index (χ4v) is 4.91. The lowest BCUT2D eigenvalue weighted by atomic mass is 10.0. The highest BCUT2D eigenvalue weighted by Crippen LogP contribution is 2.25. The van der Waals surface area contributed by atoms with Crippen molar-refractivity contribution in [2.75, 3.05) is 0 Å². The first-order valence-corrected chi connectivity index (χ1v) is 12.9. The molecular weight excluding hydrogens is 498 g/mol. The van der Waals surface area contributed by atoms with E-state index in [0.717, 1.165) is 39.2 Å². The maximum absolute atomic E-state index is 14.2. The van der Waals surface area contributed by atoms with E-state index in [0.29, 0.717) is 16.6 Å². The SMILES string of the molecule is C=C(N[C@@H](C)c1cc2cccc(C#Cc3cnn(C)c3)c2c(=O)n1-c1ccccc1)c1cnn2c(C)ccnc12. The van der Waals surface area contributed by atoms with Crippen LogP contribution in [0.4, 0.5) is 0 Å². The van der Waals surface area contributed by atoms with Gasteiger partial charge in [-0.3, -0.25) is 14.0 Å². The molecule has 8 heteroatoms. The fraction of sp³-hybridized carbons (Fsp3) is 0.125. The van der Waals surface area contributed by atoms with E-state index in [4.69, 9.17) is 0 Å². The van der Waals surface area contributed by atoms with Gasteiger partial charge in [0, 0.05) is 47.8 Å². The van der Waals surface area contributed by atoms with Gasteiger partial charge in [0.2, 0.25) is 0 Å². The number of aromatic nitrogens is 6. The van der Waals surface area contributed by atoms with Gasteiger partial charge in [-0.1, -0.05) is 48.8 Å². The zero-order valence-electron chi connectivity index (χ0n) is 22.5. The second-order valence-electron chi connectivity index (χ2n) is 9.69. The van der Waals surface area contributed by atoms with Crippen molar-refractivity contribution in [2.24, 2.45) is 7.05 Å². The van der Waals surface area contributed by atoms with Crippen molar-refractivity contribution in [3.63, 3.8) is 0 Å². The van der Waals surface area contributed by atoms with Crippen LogP contribution in [0.25, 0.3) is 27.8 Å². The molecule has 2 aromatic carbocycles. The van der Waals surface area contributed by atoms with Crippen LogP contribution in [0.3, 0.4) is 0 Å². The van der Waals surface area contributed by atoms with Crippen molar-refractivity contribution in [2.45, 2.75) is 19.9 Å². The van der Waals surface area contributed by atoms with Crippen LogP contribution in [-0.2, 0) is 7.05 Å². The molecule has 4 heterocycles. The molecule has 0 radical (unpaired) electrons. The van der Waals surface area contributed by atoms with E-state index in [1.165, 1.54) is 0 Å². The Balaban J connectivity index is 1.46. The van der Waals surface area contributed by atoms with Crippen LogP contribution >= 0.6 is 0 Å². The van der Waals surface area contributed by atoms with Crippen molar-refractivity contribution in [3.05, 3.63) is 130 Å². The number of hydrogen-bond acceptors (Lipinski definition) is 5. The zero-order chi connectivity index (χ0) is 27.8. The summed E-state index contributed by atoms with van der Waals surface area (Å²) in [7, 11) is 1.85. The van der Waals surface area contributed by atoms with Crippen LogP contribution in [0.2, 0.25) is 0 Å². The molecule has 4 aromatic heterocycles. The fourth-order valence-electron chi connectivity index (χ4n) is 4.91. The maximum atomic E-state index is 14.2. The number of aryl methyl sites for hydroxylation is 2. The first-order chi connectivity index (χ1) is 19.4. The summed E-state index contributed by atoms with van der Waals surface area (Å²) in [5, 5.41) is 13.5. The number of fused-ring (bicyclic) bond motifs is 2. The third-order valence-electron chi connectivity index (χ3n) is 6.89. The number of nitrogens with zero attached hydrogens (tertiary/aromatic N) is 6. The minimum absolute atomic E-state index is 0.137. The predicted octanol–water partition coefficient (Wildman–Crippen LogP) is 4.80. The molecule has 0 fully saturated rings. The molecule has 0 bridgehead atoms. The summed E-state index contributed by atoms with van der Waals surface area (Å²) in [6.07, 6.45) is 7.08. The van der Waals surface area contributed by atoms with Crippen LogP contribution in [0.5, 0.6) is 0 Å². The summed E-state index contributed by atoms with van der Waals surface area (Å²) in [5.74, 6) is 6.33. The smallest absolute Gasteiger partial charge is 0.264 e. The van der Waals surface area contributed by atoms with E-state index >= 15 is 0 Å². The van der Waals surface area contributed by atoms with E-state index < -0.39 is 0 Å². The van der Waals surface area contributed by atoms with Gasteiger partial charge in [0.1, 0.15) is 0 Å². The van der Waals surface area contributed by atoms with Gasteiger partial charge in [0.25, 0.3) is 5.56 Å². The Morgan fingerprint density at radius 1 is 1.02 bits per heavy atom. The molecule has 0 amide bonds. The standard InChI is InChI=1S/C32H27N7O/c1-21-15-16-33-31-28(19-35-39(21)31)22(2)36-23(3)29-17-26-10-8-9-25(14-13-24-18-34-37(4)20-24)30(26)32(40)38(29)27-11-6-5-7-12-27/h5-12,15-20,23,36H,2H2,1,3-4H3/t23-/m0/s1. The van der Waals surface area contributed by atoms with Crippen molar-refractivity contribution >= 4 is 22.1 Å². The highest BCUT2D eigenvalue weighted by Gasteiger charge is 2.19. The summed E-state index contributed by atoms with van der Waals surface area (Å²) in [5.41, 5.74) is 6.06. The van der Waals surface area contributed by atoms with Crippen molar-refractivity contribution in [1.29, 1.82) is 0 Å². The Kier molecular flexibility index (Phi) is 6.25. The molecule has 6 rings (SSSR count). The first-order valence-electron chi connectivity index (χ1n) is 12.9. The number of rotatable bonds is 5. The van der Waals surface area contributed by atoms with E-state index in [2.05, 4.69) is 38.9 Å². The Hall–Kier alpha value is -5.42. The maximum Gasteiger partial charge on any atom is 0.264 e. The van der Waals surface area contributed by atoms with Gasteiger partial charge >= 0.3 is 0 Å². The van der Waals surface area contributed by atoms with Gasteiger partial charge in [-0.25, -0.2) is 9.50 Å². The number of para-hydroxylation sites is 1. The lowest BCUT2D eigenvalue weighted by molar-refractivity contribution is 0.652. The molecule has 0 aliphatic rings. The topological polar surface area (TPSA) is 82.0 Å². The third-order valence-corrected chi connectivity index (χ3v) is 6.89. The van der Waals surface area contributed by atoms with Crippen LogP contribution in [0, 0.1) is 18.8 Å². The predicted molar refractivity (Wildman–Crippen MR) is 157 cm³/mol. The number of nitrogens with one attached hydrogen (secondary N) is 1. The largest absolute Gasteiger partial charge is 0.377 e. The molecule has 40 heavy (non-hydrogen) atoms. The third kappa shape index (κ3) is 4.44. The molecule has 0 aliphatic carbocycles. The van der Waals surface area contributed by atoms with Crippen molar-refractivity contribution < 1.29 is 0 Å². The molecule has 1 atom stereocenters. The quantitative estimate of drug-likeness (QED) is 0.327. The Morgan fingerprint density at radius 2 is 1.85 bits per heavy atom. The van der Waals surface area contributed by atoms with Gasteiger partial charge in [-0.05, 0) is 49.6 Å². The lowest BCUT2D eigenvalue weighted by Gasteiger charge is -2.22. The van der Waals surface area contributed by atoms with E-state index in [-0.39, 0.29) is 11.6 Å². The van der Waals surface area contributed by atoms with Gasteiger partial charge in [0.05, 0.1) is 34.9 Å². The molecule has 0 saturated heterocycles. The molecule has 1 N–H and O–H groups in total. The summed E-state index contributed by atoms with van der Waals surface area (Å²) in [6, 6.07) is 19.1. The van der Waals surface area contributed by atoms with E-state index in [1.54, 1.807) is 32.4 Å². The second kappa shape index (κ2) is 10.0. The van der Waals surface area contributed by atoms with E-state index in [9.17, 15) is 4.79 Å². The molecule has 6 aromatic rings. The molecule has 8 nitrogen and oxygen atoms in total. The summed E-state index contributed by atoms with van der Waals surface area (Å²) in [6.45, 7) is 8.28. The van der Waals surface area contributed by atoms with Crippen LogP contribution in [0.1, 0.15) is 41.0 Å². The number of hydrogen-bond donors (Lipinski definition) is 1. The van der Waals surface area contributed by atoms with Gasteiger partial charge < -0.3 is 5.32 Å².